The molecule has 2 fully saturated rings. The minimum atomic E-state index is -1.02. The Kier molecular flexibility index (Phi) is 4.27. The zero-order valence-electron chi connectivity index (χ0n) is 14.5. The molecule has 0 amide bonds. The van der Waals surface area contributed by atoms with Crippen molar-refractivity contribution in [2.75, 3.05) is 6.61 Å². The lowest BCUT2D eigenvalue weighted by Gasteiger charge is -2.40. The van der Waals surface area contributed by atoms with Gasteiger partial charge in [0.1, 0.15) is 5.60 Å². The molecule has 1 spiro atoms. The number of azide groups is 1. The monoisotopic (exact) mass is 347 g/mol. The fourth-order valence-electron chi connectivity index (χ4n) is 4.63. The lowest BCUT2D eigenvalue weighted by Crippen LogP contribution is -2.51. The largest absolute Gasteiger partial charge is 0.367 e. The molecular weight excluding hydrogens is 326 g/mol. The first-order valence-electron chi connectivity index (χ1n) is 9.04. The number of rotatable bonds is 3. The zero-order chi connectivity index (χ0) is 18.0. The summed E-state index contributed by atoms with van der Waals surface area (Å²) in [6.07, 6.45) is 2.37. The second-order valence-electron chi connectivity index (χ2n) is 7.19. The zero-order valence-corrected chi connectivity index (χ0v) is 14.5. The second-order valence-corrected chi connectivity index (χ2v) is 7.19. The molecule has 1 heterocycles. The number of ketones is 1. The van der Waals surface area contributed by atoms with Crippen LogP contribution in [0.2, 0.25) is 0 Å². The Bertz CT molecular complexity index is 807. The van der Waals surface area contributed by atoms with Gasteiger partial charge in [-0.05, 0) is 35.9 Å². The van der Waals surface area contributed by atoms with Crippen LogP contribution in [0.3, 0.4) is 0 Å². The van der Waals surface area contributed by atoms with Crippen molar-refractivity contribution in [3.8, 4) is 0 Å². The van der Waals surface area contributed by atoms with Gasteiger partial charge in [0, 0.05) is 23.4 Å². The molecule has 2 aromatic rings. The predicted octanol–water partition coefficient (Wildman–Crippen LogP) is 4.56. The molecule has 1 aliphatic heterocycles. The maximum absolute atomic E-state index is 13.3. The Labute approximate surface area is 152 Å². The molecule has 5 heteroatoms. The third-order valence-electron chi connectivity index (χ3n) is 5.86. The van der Waals surface area contributed by atoms with Gasteiger partial charge in [-0.2, -0.15) is 0 Å². The lowest BCUT2D eigenvalue weighted by molar-refractivity contribution is -0.149. The molecule has 0 radical (unpaired) electrons. The molecule has 1 aliphatic carbocycles. The number of ether oxygens (including phenoxy) is 1. The van der Waals surface area contributed by atoms with E-state index < -0.39 is 17.1 Å². The number of hydrogen-bond acceptors (Lipinski definition) is 3. The lowest BCUT2D eigenvalue weighted by atomic mass is 9.71. The molecule has 0 unspecified atom stereocenters. The predicted molar refractivity (Wildman–Crippen MR) is 98.8 cm³/mol. The van der Waals surface area contributed by atoms with E-state index in [0.29, 0.717) is 25.9 Å². The Morgan fingerprint density at radius 1 is 1.04 bits per heavy atom. The Hall–Kier alpha value is -2.62. The van der Waals surface area contributed by atoms with Gasteiger partial charge in [-0.3, -0.25) is 4.79 Å². The summed E-state index contributed by atoms with van der Waals surface area (Å²) < 4.78 is 6.09. The second kappa shape index (κ2) is 6.60. The number of Topliss-reactive ketones (excluding diaryl/α,β-unsaturated/α-hetero) is 1. The van der Waals surface area contributed by atoms with E-state index >= 15 is 0 Å². The van der Waals surface area contributed by atoms with Crippen LogP contribution in [0.4, 0.5) is 0 Å². The summed E-state index contributed by atoms with van der Waals surface area (Å²) >= 11 is 0. The molecule has 0 N–H and O–H groups in total. The van der Waals surface area contributed by atoms with Crippen molar-refractivity contribution < 1.29 is 9.53 Å². The minimum Gasteiger partial charge on any atom is -0.367 e. The number of carbonyl (C=O) groups excluding carboxylic acids is 1. The molecule has 5 nitrogen and oxygen atoms in total. The first kappa shape index (κ1) is 16.8. The number of carbonyl (C=O) groups is 1. The normalized spacial score (nSPS) is 27.2. The molecule has 2 atom stereocenters. The SMILES string of the molecule is [N-]=[N+]=N[C@H]1CCCO[C@@]12CC(c1ccccc1)(c1ccccc1)CC2=O. The Balaban J connectivity index is 1.87. The maximum Gasteiger partial charge on any atom is 0.166 e. The standard InChI is InChI=1S/C21H21N3O2/c22-24-23-18-12-7-13-26-21(18)15-20(14-19(21)25,16-8-3-1-4-9-16)17-10-5-2-6-11-17/h1-6,8-11,18H,7,12-15H2/t18-,21-/m0/s1. The number of nitrogens with zero attached hydrogens (tertiary/aromatic N) is 3. The summed E-state index contributed by atoms with van der Waals surface area (Å²) in [6.45, 7) is 0.531. The molecule has 0 aromatic heterocycles. The molecule has 1 saturated carbocycles. The topological polar surface area (TPSA) is 75.1 Å². The Morgan fingerprint density at radius 3 is 2.23 bits per heavy atom. The molecule has 0 bridgehead atoms. The van der Waals surface area contributed by atoms with Gasteiger partial charge in [0.05, 0.1) is 6.04 Å². The van der Waals surface area contributed by atoms with Crippen LogP contribution >= 0.6 is 0 Å². The number of benzene rings is 2. The summed E-state index contributed by atoms with van der Waals surface area (Å²) in [5.41, 5.74) is 9.73. The van der Waals surface area contributed by atoms with E-state index in [1.807, 2.05) is 36.4 Å². The van der Waals surface area contributed by atoms with Gasteiger partial charge in [0.25, 0.3) is 0 Å². The molecule has 132 valence electrons. The molecule has 2 aliphatic rings. The third kappa shape index (κ3) is 2.52. The van der Waals surface area contributed by atoms with E-state index in [2.05, 4.69) is 34.3 Å². The van der Waals surface area contributed by atoms with Crippen LogP contribution in [0.1, 0.15) is 36.8 Å². The van der Waals surface area contributed by atoms with Crippen LogP contribution in [0.25, 0.3) is 10.4 Å². The van der Waals surface area contributed by atoms with E-state index in [1.54, 1.807) is 0 Å². The van der Waals surface area contributed by atoms with Crippen LogP contribution < -0.4 is 0 Å². The Morgan fingerprint density at radius 2 is 1.65 bits per heavy atom. The smallest absolute Gasteiger partial charge is 0.166 e. The first-order valence-corrected chi connectivity index (χ1v) is 9.04. The van der Waals surface area contributed by atoms with Gasteiger partial charge in [-0.1, -0.05) is 65.8 Å². The molecule has 4 rings (SSSR count). The van der Waals surface area contributed by atoms with E-state index in [0.717, 1.165) is 17.5 Å². The first-order chi connectivity index (χ1) is 12.7. The highest BCUT2D eigenvalue weighted by atomic mass is 16.5. The van der Waals surface area contributed by atoms with Crippen LogP contribution in [-0.4, -0.2) is 24.0 Å². The van der Waals surface area contributed by atoms with Crippen LogP contribution in [0.5, 0.6) is 0 Å². The van der Waals surface area contributed by atoms with Gasteiger partial charge in [-0.15, -0.1) is 0 Å². The van der Waals surface area contributed by atoms with Crippen LogP contribution in [-0.2, 0) is 14.9 Å². The van der Waals surface area contributed by atoms with E-state index in [9.17, 15) is 4.79 Å². The summed E-state index contributed by atoms with van der Waals surface area (Å²) in [6, 6.07) is 19.8. The molecule has 1 saturated heterocycles. The molecular formula is C21H21N3O2. The van der Waals surface area contributed by atoms with E-state index in [-0.39, 0.29) is 5.78 Å². The van der Waals surface area contributed by atoms with Crippen molar-refractivity contribution in [1.29, 1.82) is 0 Å². The maximum atomic E-state index is 13.3. The fraction of sp³-hybridized carbons (Fsp3) is 0.381. The summed E-state index contributed by atoms with van der Waals surface area (Å²) in [5.74, 6) is 0.0438. The van der Waals surface area contributed by atoms with Crippen molar-refractivity contribution in [3.05, 3.63) is 82.2 Å². The summed E-state index contributed by atoms with van der Waals surface area (Å²) in [7, 11) is 0. The summed E-state index contributed by atoms with van der Waals surface area (Å²) in [5, 5.41) is 3.96. The third-order valence-corrected chi connectivity index (χ3v) is 5.86. The van der Waals surface area contributed by atoms with Gasteiger partial charge in [-0.25, -0.2) is 0 Å². The van der Waals surface area contributed by atoms with E-state index in [4.69, 9.17) is 10.3 Å². The highest BCUT2D eigenvalue weighted by Gasteiger charge is 2.60. The quantitative estimate of drug-likeness (QED) is 0.463. The fourth-order valence-corrected chi connectivity index (χ4v) is 4.63. The van der Waals surface area contributed by atoms with Crippen LogP contribution in [0.15, 0.2) is 65.8 Å². The van der Waals surface area contributed by atoms with Crippen molar-refractivity contribution in [2.45, 2.75) is 42.7 Å². The molecule has 26 heavy (non-hydrogen) atoms. The van der Waals surface area contributed by atoms with Gasteiger partial charge >= 0.3 is 0 Å². The van der Waals surface area contributed by atoms with Gasteiger partial charge < -0.3 is 4.74 Å². The average Bonchev–Trinajstić information content (AvgIpc) is 2.99. The summed E-state index contributed by atoms with van der Waals surface area (Å²) in [4.78, 5) is 16.3. The van der Waals surface area contributed by atoms with Crippen molar-refractivity contribution in [1.82, 2.24) is 0 Å². The van der Waals surface area contributed by atoms with Gasteiger partial charge in [0.2, 0.25) is 0 Å². The van der Waals surface area contributed by atoms with Gasteiger partial charge in [0.15, 0.2) is 5.78 Å². The highest BCUT2D eigenvalue weighted by Crippen LogP contribution is 2.53. The minimum absolute atomic E-state index is 0.0438. The average molecular weight is 347 g/mol. The van der Waals surface area contributed by atoms with Crippen molar-refractivity contribution >= 4 is 5.78 Å². The van der Waals surface area contributed by atoms with Crippen molar-refractivity contribution in [2.24, 2.45) is 5.11 Å². The van der Waals surface area contributed by atoms with Crippen molar-refractivity contribution in [3.63, 3.8) is 0 Å². The molecule has 2 aromatic carbocycles. The number of hydrogen-bond donors (Lipinski definition) is 0. The van der Waals surface area contributed by atoms with E-state index in [1.165, 1.54) is 0 Å². The van der Waals surface area contributed by atoms with Crippen LogP contribution in [0, 0.1) is 0 Å². The highest BCUT2D eigenvalue weighted by molar-refractivity contribution is 5.93.